The molecule has 4 rings (SSSR count). The summed E-state index contributed by atoms with van der Waals surface area (Å²) in [4.78, 5) is 11.0. The lowest BCUT2D eigenvalue weighted by atomic mass is 10.2. The summed E-state index contributed by atoms with van der Waals surface area (Å²) in [5.74, 6) is 2.46. The number of rotatable bonds is 4. The molecule has 0 spiro atoms. The molecular formula is C16H19N7O2. The van der Waals surface area contributed by atoms with Gasteiger partial charge in [0.2, 0.25) is 17.6 Å². The minimum atomic E-state index is -0.0316. The van der Waals surface area contributed by atoms with Crippen molar-refractivity contribution in [3.8, 4) is 17.3 Å². The van der Waals surface area contributed by atoms with Gasteiger partial charge >= 0.3 is 0 Å². The van der Waals surface area contributed by atoms with Gasteiger partial charge in [-0.1, -0.05) is 5.16 Å². The number of hydrogen-bond donors (Lipinski definition) is 0. The van der Waals surface area contributed by atoms with Gasteiger partial charge in [0.15, 0.2) is 0 Å². The first-order chi connectivity index (χ1) is 12.1. The van der Waals surface area contributed by atoms with Crippen LogP contribution in [0, 0.1) is 0 Å². The van der Waals surface area contributed by atoms with E-state index >= 15 is 0 Å². The molecule has 0 radical (unpaired) electrons. The molecule has 1 aliphatic rings. The molecule has 0 N–H and O–H groups in total. The summed E-state index contributed by atoms with van der Waals surface area (Å²) in [6, 6.07) is 3.67. The quantitative estimate of drug-likeness (QED) is 0.707. The number of aromatic nitrogens is 6. The lowest BCUT2D eigenvalue weighted by Gasteiger charge is -2.29. The Kier molecular flexibility index (Phi) is 3.92. The van der Waals surface area contributed by atoms with Gasteiger partial charge in [-0.15, -0.1) is 10.2 Å². The Morgan fingerprint density at radius 2 is 2.24 bits per heavy atom. The van der Waals surface area contributed by atoms with Gasteiger partial charge in [0.05, 0.1) is 18.2 Å². The number of hydrogen-bond acceptors (Lipinski definition) is 8. The Morgan fingerprint density at radius 1 is 1.36 bits per heavy atom. The first-order valence-corrected chi connectivity index (χ1v) is 8.14. The van der Waals surface area contributed by atoms with Crippen molar-refractivity contribution in [2.45, 2.75) is 39.1 Å². The van der Waals surface area contributed by atoms with Crippen LogP contribution in [-0.4, -0.2) is 47.9 Å². The van der Waals surface area contributed by atoms with Crippen LogP contribution in [-0.2, 0) is 13.1 Å². The molecule has 1 unspecified atom stereocenters. The number of likely N-dealkylation sites (N-methyl/N-ethyl adjacent to an activating group) is 1. The van der Waals surface area contributed by atoms with Crippen molar-refractivity contribution in [3.63, 3.8) is 0 Å². The Balaban J connectivity index is 1.63. The van der Waals surface area contributed by atoms with Gasteiger partial charge in [0.1, 0.15) is 18.2 Å². The zero-order valence-corrected chi connectivity index (χ0v) is 14.3. The summed E-state index contributed by atoms with van der Waals surface area (Å²) in [6.07, 6.45) is 3.42. The van der Waals surface area contributed by atoms with Crippen molar-refractivity contribution in [2.24, 2.45) is 0 Å². The van der Waals surface area contributed by atoms with Crippen molar-refractivity contribution >= 4 is 0 Å². The molecule has 1 aliphatic heterocycles. The van der Waals surface area contributed by atoms with E-state index in [1.54, 1.807) is 12.5 Å². The summed E-state index contributed by atoms with van der Waals surface area (Å²) in [7, 11) is 2.00. The molecule has 25 heavy (non-hydrogen) atoms. The van der Waals surface area contributed by atoms with Crippen LogP contribution in [0.1, 0.15) is 31.6 Å². The maximum atomic E-state index is 5.75. The number of pyridine rings is 1. The second kappa shape index (κ2) is 6.25. The maximum absolute atomic E-state index is 5.75. The summed E-state index contributed by atoms with van der Waals surface area (Å²) in [5, 5.41) is 12.2. The van der Waals surface area contributed by atoms with E-state index < -0.39 is 0 Å². The fraction of sp³-hybridized carbons (Fsp3) is 0.438. The van der Waals surface area contributed by atoms with Crippen molar-refractivity contribution in [1.29, 1.82) is 0 Å². The van der Waals surface area contributed by atoms with Crippen molar-refractivity contribution in [3.05, 3.63) is 36.4 Å². The summed E-state index contributed by atoms with van der Waals surface area (Å²) >= 11 is 0. The SMILES string of the molecule is CC(C)Oc1ncccc1-c1noc(C2Cn3cnnc3CN2C)n1. The Morgan fingerprint density at radius 3 is 3.08 bits per heavy atom. The molecule has 130 valence electrons. The molecule has 0 aromatic carbocycles. The fourth-order valence-corrected chi connectivity index (χ4v) is 2.84. The molecule has 3 aromatic heterocycles. The normalized spacial score (nSPS) is 17.7. The van der Waals surface area contributed by atoms with Gasteiger partial charge < -0.3 is 13.8 Å². The average molecular weight is 341 g/mol. The Labute approximate surface area is 144 Å². The van der Waals surface area contributed by atoms with Crippen molar-refractivity contribution in [2.75, 3.05) is 7.05 Å². The molecule has 9 nitrogen and oxygen atoms in total. The second-order valence-corrected chi connectivity index (χ2v) is 6.31. The third-order valence-electron chi connectivity index (χ3n) is 4.07. The first-order valence-electron chi connectivity index (χ1n) is 8.14. The van der Waals surface area contributed by atoms with Crippen LogP contribution in [0.3, 0.4) is 0 Å². The van der Waals surface area contributed by atoms with Crippen molar-refractivity contribution in [1.82, 2.24) is 34.8 Å². The molecule has 0 aliphatic carbocycles. The van der Waals surface area contributed by atoms with Crippen LogP contribution in [0.4, 0.5) is 0 Å². The van der Waals surface area contributed by atoms with E-state index in [-0.39, 0.29) is 12.1 Å². The standard InChI is InChI=1S/C16H19N7O2/c1-10(2)24-15-11(5-4-6-17-15)14-19-16(25-21-14)12-7-23-9-18-20-13(23)8-22(12)3/h4-6,9-10,12H,7-8H2,1-3H3. The highest BCUT2D eigenvalue weighted by atomic mass is 16.5. The molecule has 0 bridgehead atoms. The van der Waals surface area contributed by atoms with E-state index in [1.165, 1.54) is 0 Å². The summed E-state index contributed by atoms with van der Waals surface area (Å²) < 4.78 is 13.3. The third kappa shape index (κ3) is 2.98. The molecule has 3 aromatic rings. The monoisotopic (exact) mass is 341 g/mol. The second-order valence-electron chi connectivity index (χ2n) is 6.31. The third-order valence-corrected chi connectivity index (χ3v) is 4.07. The van der Waals surface area contributed by atoms with E-state index in [0.29, 0.717) is 30.7 Å². The lowest BCUT2D eigenvalue weighted by Crippen LogP contribution is -2.34. The van der Waals surface area contributed by atoms with Crippen LogP contribution in [0.2, 0.25) is 0 Å². The molecule has 0 saturated heterocycles. The van der Waals surface area contributed by atoms with Crippen LogP contribution < -0.4 is 4.74 Å². The van der Waals surface area contributed by atoms with Gasteiger partial charge in [0.25, 0.3) is 0 Å². The van der Waals surface area contributed by atoms with Gasteiger partial charge in [-0.2, -0.15) is 4.98 Å². The average Bonchev–Trinajstić information content (AvgIpc) is 3.22. The fourth-order valence-electron chi connectivity index (χ4n) is 2.84. The number of ether oxygens (including phenoxy) is 1. The Hall–Kier alpha value is -2.81. The molecular weight excluding hydrogens is 322 g/mol. The highest BCUT2D eigenvalue weighted by Crippen LogP contribution is 2.30. The minimum absolute atomic E-state index is 0.0108. The van der Waals surface area contributed by atoms with Crippen molar-refractivity contribution < 1.29 is 9.26 Å². The van der Waals surface area contributed by atoms with Gasteiger partial charge in [-0.05, 0) is 33.0 Å². The highest BCUT2D eigenvalue weighted by molar-refractivity contribution is 5.60. The maximum Gasteiger partial charge on any atom is 0.246 e. The van der Waals surface area contributed by atoms with E-state index in [4.69, 9.17) is 9.26 Å². The Bertz CT molecular complexity index is 873. The van der Waals surface area contributed by atoms with Crippen LogP contribution in [0.15, 0.2) is 29.2 Å². The number of nitrogens with zero attached hydrogens (tertiary/aromatic N) is 7. The molecule has 4 heterocycles. The molecule has 1 atom stereocenters. The van der Waals surface area contributed by atoms with Gasteiger partial charge in [-0.25, -0.2) is 4.98 Å². The molecule has 9 heteroatoms. The zero-order valence-electron chi connectivity index (χ0n) is 14.3. The smallest absolute Gasteiger partial charge is 0.246 e. The predicted molar refractivity (Wildman–Crippen MR) is 87.5 cm³/mol. The van der Waals surface area contributed by atoms with E-state index in [2.05, 4.69) is 30.2 Å². The van der Waals surface area contributed by atoms with E-state index in [9.17, 15) is 0 Å². The van der Waals surface area contributed by atoms with E-state index in [1.807, 2.05) is 37.6 Å². The topological polar surface area (TPSA) is 95.0 Å². The van der Waals surface area contributed by atoms with Crippen LogP contribution in [0.5, 0.6) is 5.88 Å². The zero-order chi connectivity index (χ0) is 17.4. The number of fused-ring (bicyclic) bond motifs is 1. The van der Waals surface area contributed by atoms with Gasteiger partial charge in [-0.3, -0.25) is 4.90 Å². The molecule has 0 amide bonds. The van der Waals surface area contributed by atoms with E-state index in [0.717, 1.165) is 11.4 Å². The largest absolute Gasteiger partial charge is 0.474 e. The van der Waals surface area contributed by atoms with Crippen LogP contribution in [0.25, 0.3) is 11.4 Å². The first kappa shape index (κ1) is 15.7. The molecule has 0 saturated carbocycles. The summed E-state index contributed by atoms with van der Waals surface area (Å²) in [5.41, 5.74) is 0.717. The lowest BCUT2D eigenvalue weighted by molar-refractivity contribution is 0.139. The minimum Gasteiger partial charge on any atom is -0.474 e. The van der Waals surface area contributed by atoms with Gasteiger partial charge in [0, 0.05) is 12.7 Å². The molecule has 0 fully saturated rings. The summed E-state index contributed by atoms with van der Waals surface area (Å²) in [6.45, 7) is 5.25. The van der Waals surface area contributed by atoms with Crippen LogP contribution >= 0.6 is 0 Å². The highest BCUT2D eigenvalue weighted by Gasteiger charge is 2.30. The predicted octanol–water partition coefficient (Wildman–Crippen LogP) is 1.70.